The van der Waals surface area contributed by atoms with Gasteiger partial charge in [-0.1, -0.05) is 0 Å². The van der Waals surface area contributed by atoms with Crippen molar-refractivity contribution in [2.45, 2.75) is 18.7 Å². The molecule has 0 amide bonds. The van der Waals surface area contributed by atoms with Crippen molar-refractivity contribution in [2.75, 3.05) is 5.75 Å². The van der Waals surface area contributed by atoms with E-state index >= 15 is 0 Å². The number of benzene rings is 1. The summed E-state index contributed by atoms with van der Waals surface area (Å²) in [6, 6.07) is 8.46. The van der Waals surface area contributed by atoms with Crippen molar-refractivity contribution in [3.63, 3.8) is 0 Å². The van der Waals surface area contributed by atoms with Crippen LogP contribution in [-0.2, 0) is 0 Å². The van der Waals surface area contributed by atoms with Gasteiger partial charge in [0, 0.05) is 0 Å². The fraction of sp³-hybridized carbons (Fsp3) is 0.333. The van der Waals surface area contributed by atoms with Crippen molar-refractivity contribution >= 4 is 29.5 Å². The van der Waals surface area contributed by atoms with E-state index < -0.39 is 0 Å². The summed E-state index contributed by atoms with van der Waals surface area (Å²) in [5.74, 6) is 4.97. The zero-order valence-electron chi connectivity index (χ0n) is 9.00. The van der Waals surface area contributed by atoms with Crippen LogP contribution < -0.4 is 0 Å². The topological polar surface area (TPSA) is 0 Å². The molecule has 1 aromatic rings. The molecule has 0 saturated heterocycles. The van der Waals surface area contributed by atoms with E-state index in [4.69, 9.17) is 0 Å². The third kappa shape index (κ3) is 4.29. The quantitative estimate of drug-likeness (QED) is 0.407. The maximum atomic E-state index is 3.04. The molecule has 14 heavy (non-hydrogen) atoms. The maximum absolute atomic E-state index is 3.04. The standard InChI is InChI=1S/C12H13S.Li/c1-4-11-5-7-12(8-6-11)13-9-10(2)3;/h5-8,10H,9H2,2-3H3;. The molecule has 1 aromatic carbocycles. The van der Waals surface area contributed by atoms with E-state index in [0.717, 1.165) is 11.5 Å². The van der Waals surface area contributed by atoms with Crippen molar-refractivity contribution < 1.29 is 0 Å². The van der Waals surface area contributed by atoms with Crippen molar-refractivity contribution in [3.05, 3.63) is 29.8 Å². The summed E-state index contributed by atoms with van der Waals surface area (Å²) in [5, 5.41) is 0. The van der Waals surface area contributed by atoms with Crippen molar-refractivity contribution in [1.29, 1.82) is 0 Å². The van der Waals surface area contributed by atoms with Gasteiger partial charge in [0.15, 0.2) is 0 Å². The van der Waals surface area contributed by atoms with Gasteiger partial charge in [0.05, 0.1) is 0 Å². The molecule has 0 spiro atoms. The molecule has 0 nitrogen and oxygen atoms in total. The van der Waals surface area contributed by atoms with Gasteiger partial charge in [-0.25, -0.2) is 0 Å². The van der Waals surface area contributed by atoms with Crippen LogP contribution in [0.5, 0.6) is 0 Å². The molecule has 0 atom stereocenters. The third-order valence-electron chi connectivity index (χ3n) is 1.71. The Balaban J connectivity index is 2.58. The van der Waals surface area contributed by atoms with E-state index in [1.54, 1.807) is 0 Å². The van der Waals surface area contributed by atoms with E-state index in [1.807, 2.05) is 29.5 Å². The summed E-state index contributed by atoms with van der Waals surface area (Å²) in [7, 11) is 0. The predicted octanol–water partition coefficient (Wildman–Crippen LogP) is 2.91. The van der Waals surface area contributed by atoms with Crippen LogP contribution in [0, 0.1) is 16.4 Å². The van der Waals surface area contributed by atoms with Crippen LogP contribution in [-0.4, -0.2) is 23.5 Å². The molecule has 0 unspecified atom stereocenters. The Labute approximate surface area is 100 Å². The van der Waals surface area contributed by atoms with Gasteiger partial charge in [-0.15, -0.1) is 0 Å². The summed E-state index contributed by atoms with van der Waals surface area (Å²) in [5.41, 5.74) is 1.10. The molecule has 0 fully saturated rings. The van der Waals surface area contributed by atoms with E-state index in [0.29, 0.717) is 0 Å². The molecule has 1 rings (SSSR count). The Morgan fingerprint density at radius 1 is 1.29 bits per heavy atom. The number of thioether (sulfide) groups is 1. The summed E-state index contributed by atoms with van der Waals surface area (Å²) < 4.78 is 2.90. The molecule has 0 radical (unpaired) electrons. The van der Waals surface area contributed by atoms with Crippen LogP contribution in [0.2, 0.25) is 0 Å². The van der Waals surface area contributed by atoms with Crippen LogP contribution in [0.15, 0.2) is 29.2 Å². The molecule has 0 aliphatic heterocycles. The number of hydrogen-bond donors (Lipinski definition) is 0. The average molecular weight is 196 g/mol. The SMILES string of the molecule is [Li][C]#Cc1ccc(SCC(C)C)cc1. The monoisotopic (exact) mass is 196 g/mol. The van der Waals surface area contributed by atoms with Crippen molar-refractivity contribution in [2.24, 2.45) is 5.92 Å². The molecule has 0 aliphatic carbocycles. The number of rotatable bonds is 3. The Hall–Kier alpha value is -0.273. The first-order chi connectivity index (χ1) is 6.72. The van der Waals surface area contributed by atoms with Crippen LogP contribution in [0.3, 0.4) is 0 Å². The molecule has 0 bridgehead atoms. The second-order valence-corrected chi connectivity index (χ2v) is 4.70. The van der Waals surface area contributed by atoms with Crippen molar-refractivity contribution in [3.8, 4) is 10.5 Å². The summed E-state index contributed by atoms with van der Waals surface area (Å²) >= 11 is 3.77. The van der Waals surface area contributed by atoms with Crippen LogP contribution in [0.1, 0.15) is 19.4 Å². The Morgan fingerprint density at radius 3 is 2.43 bits per heavy atom. The van der Waals surface area contributed by atoms with E-state index in [-0.39, 0.29) is 0 Å². The minimum absolute atomic E-state index is 0.745. The van der Waals surface area contributed by atoms with Gasteiger partial charge in [-0.05, 0) is 0 Å². The first-order valence-electron chi connectivity index (χ1n) is 4.88. The molecule has 0 aromatic heterocycles. The van der Waals surface area contributed by atoms with Gasteiger partial charge in [-0.2, -0.15) is 0 Å². The van der Waals surface area contributed by atoms with Gasteiger partial charge >= 0.3 is 100 Å². The van der Waals surface area contributed by atoms with E-state index in [9.17, 15) is 0 Å². The first-order valence-corrected chi connectivity index (χ1v) is 5.86. The molecular weight excluding hydrogens is 183 g/mol. The predicted molar refractivity (Wildman–Crippen MR) is 64.6 cm³/mol. The second kappa shape index (κ2) is 6.26. The van der Waals surface area contributed by atoms with E-state index in [2.05, 4.69) is 48.6 Å². The third-order valence-corrected chi connectivity index (χ3v) is 3.15. The molecule has 0 heterocycles. The van der Waals surface area contributed by atoms with E-state index in [1.165, 1.54) is 10.6 Å². The average Bonchev–Trinajstić information content (AvgIpc) is 2.17. The Kier molecular flexibility index (Phi) is 5.27. The summed E-state index contributed by atoms with van der Waals surface area (Å²) in [6.45, 7) is 4.48. The van der Waals surface area contributed by atoms with Gasteiger partial charge in [0.25, 0.3) is 0 Å². The fourth-order valence-electron chi connectivity index (χ4n) is 1.04. The molecular formula is C12H13LiS. The molecule has 0 N–H and O–H groups in total. The zero-order chi connectivity index (χ0) is 10.4. The van der Waals surface area contributed by atoms with Gasteiger partial charge in [-0.3, -0.25) is 0 Å². The molecule has 2 heteroatoms. The van der Waals surface area contributed by atoms with Crippen LogP contribution in [0.25, 0.3) is 0 Å². The fourth-order valence-corrected chi connectivity index (χ4v) is 1.90. The van der Waals surface area contributed by atoms with Gasteiger partial charge < -0.3 is 0 Å². The molecule has 0 aliphatic rings. The Morgan fingerprint density at radius 2 is 1.93 bits per heavy atom. The summed E-state index contributed by atoms with van der Waals surface area (Å²) in [6.07, 6.45) is 0. The van der Waals surface area contributed by atoms with Crippen LogP contribution >= 0.6 is 11.8 Å². The minimum atomic E-state index is 0.745. The van der Waals surface area contributed by atoms with Gasteiger partial charge in [0.1, 0.15) is 0 Å². The van der Waals surface area contributed by atoms with Crippen LogP contribution in [0.4, 0.5) is 0 Å². The normalized spacial score (nSPS) is 9.79. The molecule has 68 valence electrons. The Bertz CT molecular complexity index is 330. The van der Waals surface area contributed by atoms with Crippen molar-refractivity contribution in [1.82, 2.24) is 0 Å². The first kappa shape index (κ1) is 11.8. The zero-order valence-corrected chi connectivity index (χ0v) is 9.82. The molecule has 0 saturated carbocycles. The van der Waals surface area contributed by atoms with Gasteiger partial charge in [0.2, 0.25) is 0 Å². The second-order valence-electron chi connectivity index (χ2n) is 3.60. The summed E-state index contributed by atoms with van der Waals surface area (Å²) in [4.78, 5) is 1.33. The number of hydrogen-bond acceptors (Lipinski definition) is 1.